The molecular weight excluding hydrogens is 484 g/mol. The lowest BCUT2D eigenvalue weighted by molar-refractivity contribution is -0.118. The number of hydrogen-bond donors (Lipinski definition) is 3. The SMILES string of the molecule is O=C(CSc1nc2sc3c(c2c(=O)n1-c1ccccc1)CCCC3)NN=Cc1ccc(O)c(O)c1. The van der Waals surface area contributed by atoms with E-state index in [1.165, 1.54) is 35.0 Å². The number of aromatic nitrogens is 2. The Balaban J connectivity index is 1.40. The lowest BCUT2D eigenvalue weighted by Crippen LogP contribution is -2.24. The fourth-order valence-electron chi connectivity index (χ4n) is 4.05. The summed E-state index contributed by atoms with van der Waals surface area (Å²) in [6, 6.07) is 13.6. The van der Waals surface area contributed by atoms with Gasteiger partial charge in [-0.15, -0.1) is 11.3 Å². The summed E-state index contributed by atoms with van der Waals surface area (Å²) >= 11 is 2.75. The van der Waals surface area contributed by atoms with Gasteiger partial charge in [0, 0.05) is 4.88 Å². The molecule has 0 unspecified atom stereocenters. The molecule has 0 aliphatic heterocycles. The highest BCUT2D eigenvalue weighted by atomic mass is 32.2. The number of aromatic hydroxyl groups is 2. The van der Waals surface area contributed by atoms with Crippen LogP contribution in [0.5, 0.6) is 11.5 Å². The third-order valence-electron chi connectivity index (χ3n) is 5.71. The highest BCUT2D eigenvalue weighted by Crippen LogP contribution is 2.35. The molecule has 0 saturated carbocycles. The zero-order valence-electron chi connectivity index (χ0n) is 18.6. The lowest BCUT2D eigenvalue weighted by Gasteiger charge is -2.13. The predicted molar refractivity (Wildman–Crippen MR) is 138 cm³/mol. The second kappa shape index (κ2) is 9.93. The molecule has 10 heteroatoms. The second-order valence-electron chi connectivity index (χ2n) is 8.09. The van der Waals surface area contributed by atoms with Gasteiger partial charge < -0.3 is 10.2 Å². The zero-order valence-corrected chi connectivity index (χ0v) is 20.2. The Hall–Kier alpha value is -3.63. The van der Waals surface area contributed by atoms with Crippen LogP contribution in [-0.4, -0.2) is 37.6 Å². The average molecular weight is 507 g/mol. The number of amides is 1. The van der Waals surface area contributed by atoms with Crippen LogP contribution in [0.15, 0.2) is 63.6 Å². The third-order valence-corrected chi connectivity index (χ3v) is 7.83. The Kier molecular flexibility index (Phi) is 6.56. The number of phenols is 2. The Morgan fingerprint density at radius 1 is 1.14 bits per heavy atom. The molecule has 0 bridgehead atoms. The van der Waals surface area contributed by atoms with Crippen molar-refractivity contribution >= 4 is 45.4 Å². The van der Waals surface area contributed by atoms with Crippen molar-refractivity contribution in [3.63, 3.8) is 0 Å². The Morgan fingerprint density at radius 3 is 2.74 bits per heavy atom. The Bertz CT molecular complexity index is 1500. The number of para-hydroxylation sites is 1. The number of phenolic OH excluding ortho intramolecular Hbond substituents is 2. The highest BCUT2D eigenvalue weighted by molar-refractivity contribution is 7.99. The number of nitrogens with one attached hydrogen (secondary N) is 1. The first-order chi connectivity index (χ1) is 17.0. The number of rotatable bonds is 6. The van der Waals surface area contributed by atoms with E-state index in [1.54, 1.807) is 22.0 Å². The number of aryl methyl sites for hydroxylation is 2. The predicted octanol–water partition coefficient (Wildman–Crippen LogP) is 3.98. The van der Waals surface area contributed by atoms with E-state index in [1.807, 2.05) is 30.3 Å². The molecule has 2 aromatic carbocycles. The summed E-state index contributed by atoms with van der Waals surface area (Å²) < 4.78 is 1.59. The van der Waals surface area contributed by atoms with Crippen LogP contribution in [-0.2, 0) is 17.6 Å². The first-order valence-electron chi connectivity index (χ1n) is 11.1. The van der Waals surface area contributed by atoms with Gasteiger partial charge >= 0.3 is 0 Å². The number of hydrazone groups is 1. The minimum atomic E-state index is -0.367. The number of fused-ring (bicyclic) bond motifs is 3. The van der Waals surface area contributed by atoms with Gasteiger partial charge in [0.1, 0.15) is 4.83 Å². The van der Waals surface area contributed by atoms with Crippen molar-refractivity contribution in [2.75, 3.05) is 5.75 Å². The molecule has 2 aromatic heterocycles. The molecule has 0 saturated heterocycles. The van der Waals surface area contributed by atoms with Crippen molar-refractivity contribution in [1.82, 2.24) is 15.0 Å². The van der Waals surface area contributed by atoms with Gasteiger partial charge in [-0.2, -0.15) is 5.10 Å². The second-order valence-corrected chi connectivity index (χ2v) is 10.1. The third kappa shape index (κ3) is 4.80. The number of nitrogens with zero attached hydrogens (tertiary/aromatic N) is 3. The minimum Gasteiger partial charge on any atom is -0.504 e. The molecule has 4 aromatic rings. The van der Waals surface area contributed by atoms with Crippen molar-refractivity contribution in [2.45, 2.75) is 30.8 Å². The van der Waals surface area contributed by atoms with Gasteiger partial charge in [-0.05, 0) is 67.1 Å². The molecule has 1 amide bonds. The van der Waals surface area contributed by atoms with E-state index >= 15 is 0 Å². The van der Waals surface area contributed by atoms with Gasteiger partial charge in [-0.25, -0.2) is 10.4 Å². The molecule has 1 aliphatic carbocycles. The van der Waals surface area contributed by atoms with E-state index < -0.39 is 0 Å². The maximum atomic E-state index is 13.7. The van der Waals surface area contributed by atoms with Gasteiger partial charge in [-0.3, -0.25) is 14.2 Å². The van der Waals surface area contributed by atoms with Crippen LogP contribution in [0, 0.1) is 0 Å². The molecule has 2 heterocycles. The number of thioether (sulfide) groups is 1. The number of benzene rings is 2. The first-order valence-corrected chi connectivity index (χ1v) is 12.9. The van der Waals surface area contributed by atoms with Crippen LogP contribution in [0.1, 0.15) is 28.8 Å². The molecule has 1 aliphatic rings. The summed E-state index contributed by atoms with van der Waals surface area (Å²) in [6.07, 6.45) is 5.43. The maximum absolute atomic E-state index is 13.7. The van der Waals surface area contributed by atoms with E-state index in [2.05, 4.69) is 10.5 Å². The van der Waals surface area contributed by atoms with Crippen LogP contribution in [0.25, 0.3) is 15.9 Å². The molecule has 5 rings (SSSR count). The number of carbonyl (C=O) groups excluding carboxylic acids is 1. The summed E-state index contributed by atoms with van der Waals surface area (Å²) in [6.45, 7) is 0. The lowest BCUT2D eigenvalue weighted by atomic mass is 9.97. The van der Waals surface area contributed by atoms with E-state index in [-0.39, 0.29) is 28.7 Å². The van der Waals surface area contributed by atoms with Crippen molar-refractivity contribution < 1.29 is 15.0 Å². The minimum absolute atomic E-state index is 0.00797. The Labute approximate surface area is 209 Å². The van der Waals surface area contributed by atoms with Gasteiger partial charge in [0.25, 0.3) is 11.5 Å². The fourth-order valence-corrected chi connectivity index (χ4v) is 6.16. The quantitative estimate of drug-likeness (QED) is 0.120. The van der Waals surface area contributed by atoms with E-state index in [0.29, 0.717) is 21.8 Å². The molecule has 0 fully saturated rings. The van der Waals surface area contributed by atoms with E-state index in [0.717, 1.165) is 36.1 Å². The maximum Gasteiger partial charge on any atom is 0.267 e. The summed E-state index contributed by atoms with van der Waals surface area (Å²) in [7, 11) is 0. The summed E-state index contributed by atoms with van der Waals surface area (Å²) in [4.78, 5) is 32.9. The van der Waals surface area contributed by atoms with E-state index in [9.17, 15) is 19.8 Å². The highest BCUT2D eigenvalue weighted by Gasteiger charge is 2.23. The summed E-state index contributed by atoms with van der Waals surface area (Å²) in [5, 5.41) is 24.0. The standard InChI is InChI=1S/C25H22N4O4S2/c30-18-11-10-15(12-19(18)31)13-26-28-21(32)14-34-25-27-23-22(17-8-4-5-9-20(17)35-23)24(33)29(25)16-6-2-1-3-7-16/h1-3,6-7,10-13,30-31H,4-5,8-9,14H2,(H,28,32). The Morgan fingerprint density at radius 2 is 1.94 bits per heavy atom. The van der Waals surface area contributed by atoms with Crippen LogP contribution in [0.2, 0.25) is 0 Å². The molecule has 0 atom stereocenters. The smallest absolute Gasteiger partial charge is 0.267 e. The molecule has 8 nitrogen and oxygen atoms in total. The molecule has 178 valence electrons. The number of carbonyl (C=O) groups is 1. The normalized spacial score (nSPS) is 13.3. The van der Waals surface area contributed by atoms with Crippen LogP contribution >= 0.6 is 23.1 Å². The summed E-state index contributed by atoms with van der Waals surface area (Å²) in [5.74, 6) is -0.864. The topological polar surface area (TPSA) is 117 Å². The number of hydrogen-bond acceptors (Lipinski definition) is 8. The first kappa shape index (κ1) is 23.1. The largest absolute Gasteiger partial charge is 0.504 e. The van der Waals surface area contributed by atoms with Crippen LogP contribution in [0.4, 0.5) is 0 Å². The molecule has 0 radical (unpaired) electrons. The van der Waals surface area contributed by atoms with Crippen LogP contribution < -0.4 is 11.0 Å². The van der Waals surface area contributed by atoms with Gasteiger partial charge in [0.05, 0.1) is 23.0 Å². The van der Waals surface area contributed by atoms with Crippen molar-refractivity contribution in [3.05, 3.63) is 74.9 Å². The monoisotopic (exact) mass is 506 g/mol. The van der Waals surface area contributed by atoms with Crippen LogP contribution in [0.3, 0.4) is 0 Å². The average Bonchev–Trinajstić information content (AvgIpc) is 3.24. The molecular formula is C25H22N4O4S2. The molecule has 35 heavy (non-hydrogen) atoms. The van der Waals surface area contributed by atoms with Gasteiger partial charge in [0.2, 0.25) is 0 Å². The number of thiophene rings is 1. The fraction of sp³-hybridized carbons (Fsp3) is 0.200. The van der Waals surface area contributed by atoms with E-state index in [4.69, 9.17) is 4.98 Å². The van der Waals surface area contributed by atoms with Crippen molar-refractivity contribution in [1.29, 1.82) is 0 Å². The van der Waals surface area contributed by atoms with Gasteiger partial charge in [0.15, 0.2) is 16.7 Å². The molecule has 3 N–H and O–H groups in total. The summed E-state index contributed by atoms with van der Waals surface area (Å²) in [5.41, 5.74) is 4.68. The van der Waals surface area contributed by atoms with Gasteiger partial charge in [-0.1, -0.05) is 30.0 Å². The van der Waals surface area contributed by atoms with Crippen molar-refractivity contribution in [3.8, 4) is 17.2 Å². The zero-order chi connectivity index (χ0) is 24.4. The van der Waals surface area contributed by atoms with Crippen molar-refractivity contribution in [2.24, 2.45) is 5.10 Å². The molecule has 0 spiro atoms.